The van der Waals surface area contributed by atoms with Crippen LogP contribution in [0.15, 0.2) is 18.2 Å². The molecule has 0 amide bonds. The van der Waals surface area contributed by atoms with Crippen molar-refractivity contribution in [1.82, 2.24) is 0 Å². The smallest absolute Gasteiger partial charge is 0.370 e. The zero-order valence-corrected chi connectivity index (χ0v) is 14.8. The van der Waals surface area contributed by atoms with Crippen LogP contribution in [-0.2, 0) is 4.79 Å². The fraction of sp³-hybridized carbons (Fsp3) is 0.611. The minimum absolute atomic E-state index is 0. The van der Waals surface area contributed by atoms with Crippen molar-refractivity contribution >= 4 is 5.97 Å². The lowest BCUT2D eigenvalue weighted by Crippen LogP contribution is -3.00. The first-order chi connectivity index (χ1) is 10.0. The van der Waals surface area contributed by atoms with Crippen LogP contribution in [0.4, 0.5) is 0 Å². The van der Waals surface area contributed by atoms with Crippen LogP contribution in [0.25, 0.3) is 0 Å². The zero-order chi connectivity index (χ0) is 15.4. The van der Waals surface area contributed by atoms with Gasteiger partial charge in [-0.3, -0.25) is 0 Å². The molecular formula is C18H28ClNO2. The first-order valence-electron chi connectivity index (χ1n) is 8.18. The molecule has 4 heteroatoms. The fourth-order valence-corrected chi connectivity index (χ4v) is 2.94. The number of hydrogen-bond donors (Lipinski definition) is 1. The molecule has 0 radical (unpaired) electrons. The van der Waals surface area contributed by atoms with Gasteiger partial charge in [0.1, 0.15) is 5.75 Å². The summed E-state index contributed by atoms with van der Waals surface area (Å²) in [6, 6.07) is 6.18. The number of rotatable bonds is 4. The molecule has 1 atom stereocenters. The highest BCUT2D eigenvalue weighted by Crippen LogP contribution is 2.34. The Labute approximate surface area is 140 Å². The highest BCUT2D eigenvalue weighted by molar-refractivity contribution is 5.77. The average Bonchev–Trinajstić information content (AvgIpc) is 2.47. The Morgan fingerprint density at radius 3 is 2.18 bits per heavy atom. The predicted octanol–water partition coefficient (Wildman–Crippen LogP) is -0.0413. The molecule has 1 unspecified atom stereocenters. The molecule has 0 aromatic heterocycles. The molecule has 1 aliphatic rings. The van der Waals surface area contributed by atoms with Crippen molar-refractivity contribution in [2.75, 3.05) is 6.54 Å². The normalized spacial score (nSPS) is 18.2. The summed E-state index contributed by atoms with van der Waals surface area (Å²) >= 11 is 0. The number of quaternary nitrogens is 1. The largest absolute Gasteiger partial charge is 1.00 e. The van der Waals surface area contributed by atoms with Crippen LogP contribution in [0.1, 0.15) is 69.9 Å². The molecule has 22 heavy (non-hydrogen) atoms. The molecule has 2 N–H and O–H groups in total. The molecule has 1 aromatic rings. The molecule has 1 saturated heterocycles. The molecule has 1 aromatic carbocycles. The third-order valence-electron chi connectivity index (χ3n) is 4.25. The second kappa shape index (κ2) is 8.54. The lowest BCUT2D eigenvalue weighted by molar-refractivity contribution is -0.685. The highest BCUT2D eigenvalue weighted by atomic mass is 35.5. The summed E-state index contributed by atoms with van der Waals surface area (Å²) in [5.41, 5.74) is 2.26. The van der Waals surface area contributed by atoms with Crippen molar-refractivity contribution in [3.63, 3.8) is 0 Å². The maximum atomic E-state index is 12.5. The summed E-state index contributed by atoms with van der Waals surface area (Å²) in [5, 5.41) is 2.12. The van der Waals surface area contributed by atoms with E-state index in [1.54, 1.807) is 0 Å². The van der Waals surface area contributed by atoms with Gasteiger partial charge in [-0.15, -0.1) is 0 Å². The minimum Gasteiger partial charge on any atom is -1.00 e. The van der Waals surface area contributed by atoms with Gasteiger partial charge in [0.2, 0.25) is 0 Å². The molecule has 0 saturated carbocycles. The summed E-state index contributed by atoms with van der Waals surface area (Å²) in [6.45, 7) is 9.60. The van der Waals surface area contributed by atoms with E-state index in [-0.39, 0.29) is 24.4 Å². The Morgan fingerprint density at radius 2 is 1.73 bits per heavy atom. The number of benzene rings is 1. The SMILES string of the molecule is CC(C)c1cccc(C(C)C)c1OC(=O)C1CCCC[NH2+]1.[Cl-]. The summed E-state index contributed by atoms with van der Waals surface area (Å²) < 4.78 is 5.87. The Hall–Kier alpha value is -1.06. The van der Waals surface area contributed by atoms with Gasteiger partial charge in [-0.1, -0.05) is 45.9 Å². The van der Waals surface area contributed by atoms with Gasteiger partial charge in [0.15, 0.2) is 6.04 Å². The van der Waals surface area contributed by atoms with E-state index in [9.17, 15) is 4.79 Å². The van der Waals surface area contributed by atoms with Gasteiger partial charge in [-0.2, -0.15) is 0 Å². The van der Waals surface area contributed by atoms with Crippen LogP contribution in [0.2, 0.25) is 0 Å². The van der Waals surface area contributed by atoms with Gasteiger partial charge in [-0.25, -0.2) is 4.79 Å². The van der Waals surface area contributed by atoms with Gasteiger partial charge >= 0.3 is 5.97 Å². The molecular weight excluding hydrogens is 298 g/mol. The summed E-state index contributed by atoms with van der Waals surface area (Å²) in [7, 11) is 0. The maximum Gasteiger partial charge on any atom is 0.370 e. The molecule has 1 aliphatic heterocycles. The van der Waals surface area contributed by atoms with Gasteiger partial charge in [0.25, 0.3) is 0 Å². The van der Waals surface area contributed by atoms with Gasteiger partial charge in [-0.05, 0) is 35.8 Å². The topological polar surface area (TPSA) is 42.9 Å². The summed E-state index contributed by atoms with van der Waals surface area (Å²) in [6.07, 6.45) is 3.25. The van der Waals surface area contributed by atoms with Crippen molar-refractivity contribution < 1.29 is 27.3 Å². The number of carbonyl (C=O) groups excluding carboxylic acids is 1. The first kappa shape index (κ1) is 19.0. The van der Waals surface area contributed by atoms with Gasteiger partial charge in [0.05, 0.1) is 6.54 Å². The number of hydrogen-bond acceptors (Lipinski definition) is 2. The Balaban J connectivity index is 0.00000242. The van der Waals surface area contributed by atoms with E-state index in [4.69, 9.17) is 4.74 Å². The zero-order valence-electron chi connectivity index (χ0n) is 14.1. The van der Waals surface area contributed by atoms with Crippen molar-refractivity contribution in [3.05, 3.63) is 29.3 Å². The monoisotopic (exact) mass is 325 g/mol. The molecule has 0 spiro atoms. The number of esters is 1. The molecule has 0 bridgehead atoms. The van der Waals surface area contributed by atoms with E-state index in [1.807, 2.05) is 0 Å². The molecule has 2 rings (SSSR count). The first-order valence-corrected chi connectivity index (χ1v) is 8.18. The van der Waals surface area contributed by atoms with Crippen LogP contribution in [0.5, 0.6) is 5.75 Å². The fourth-order valence-electron chi connectivity index (χ4n) is 2.94. The van der Waals surface area contributed by atoms with E-state index >= 15 is 0 Å². The summed E-state index contributed by atoms with van der Waals surface area (Å²) in [5.74, 6) is 1.42. The van der Waals surface area contributed by atoms with Crippen molar-refractivity contribution in [3.8, 4) is 5.75 Å². The van der Waals surface area contributed by atoms with Crippen LogP contribution in [0, 0.1) is 0 Å². The predicted molar refractivity (Wildman–Crippen MR) is 84.7 cm³/mol. The van der Waals surface area contributed by atoms with Crippen LogP contribution < -0.4 is 22.5 Å². The lowest BCUT2D eigenvalue weighted by Gasteiger charge is -2.22. The van der Waals surface area contributed by atoms with Crippen molar-refractivity contribution in [2.24, 2.45) is 0 Å². The van der Waals surface area contributed by atoms with E-state index in [0.717, 1.165) is 36.3 Å². The maximum absolute atomic E-state index is 12.5. The third kappa shape index (κ3) is 4.47. The standard InChI is InChI=1S/C18H27NO2.ClH/c1-12(2)14-8-7-9-15(13(3)4)17(14)21-18(20)16-10-5-6-11-19-16;/h7-9,12-13,16,19H,5-6,10-11H2,1-4H3;1H. The minimum atomic E-state index is -0.0790. The van der Waals surface area contributed by atoms with E-state index < -0.39 is 0 Å². The molecule has 1 heterocycles. The number of para-hydroxylation sites is 1. The average molecular weight is 326 g/mol. The van der Waals surface area contributed by atoms with Gasteiger partial charge < -0.3 is 22.5 Å². The Morgan fingerprint density at radius 1 is 1.14 bits per heavy atom. The Bertz CT molecular complexity index is 468. The molecule has 0 aliphatic carbocycles. The van der Waals surface area contributed by atoms with Crippen molar-refractivity contribution in [2.45, 2.75) is 64.8 Å². The van der Waals surface area contributed by atoms with Gasteiger partial charge in [0, 0.05) is 6.42 Å². The number of carbonyl (C=O) groups is 1. The Kier molecular flexibility index (Phi) is 7.37. The second-order valence-electron chi connectivity index (χ2n) is 6.62. The number of halogens is 1. The number of nitrogens with two attached hydrogens (primary N) is 1. The van der Waals surface area contributed by atoms with E-state index in [1.165, 1.54) is 6.42 Å². The van der Waals surface area contributed by atoms with E-state index in [0.29, 0.717) is 11.8 Å². The number of piperidine rings is 1. The quantitative estimate of drug-likeness (QED) is 0.623. The van der Waals surface area contributed by atoms with Crippen LogP contribution >= 0.6 is 0 Å². The highest BCUT2D eigenvalue weighted by Gasteiger charge is 2.28. The second-order valence-corrected chi connectivity index (χ2v) is 6.62. The van der Waals surface area contributed by atoms with E-state index in [2.05, 4.69) is 51.2 Å². The molecule has 1 fully saturated rings. The molecule has 3 nitrogen and oxygen atoms in total. The number of ether oxygens (including phenoxy) is 1. The summed E-state index contributed by atoms with van der Waals surface area (Å²) in [4.78, 5) is 12.5. The van der Waals surface area contributed by atoms with Crippen molar-refractivity contribution in [1.29, 1.82) is 0 Å². The molecule has 124 valence electrons. The third-order valence-corrected chi connectivity index (χ3v) is 4.25. The van der Waals surface area contributed by atoms with Crippen LogP contribution in [-0.4, -0.2) is 18.6 Å². The lowest BCUT2D eigenvalue weighted by atomic mass is 9.94. The van der Waals surface area contributed by atoms with Crippen LogP contribution in [0.3, 0.4) is 0 Å².